The van der Waals surface area contributed by atoms with Crippen LogP contribution in [0.2, 0.25) is 0 Å². The first-order valence-corrected chi connectivity index (χ1v) is 9.77. The molecule has 0 spiro atoms. The number of nitrogens with zero attached hydrogens (tertiary/aromatic N) is 1. The quantitative estimate of drug-likeness (QED) is 0.822. The van der Waals surface area contributed by atoms with Crippen molar-refractivity contribution in [2.24, 2.45) is 5.14 Å². The number of piperidine rings is 1. The van der Waals surface area contributed by atoms with Crippen LogP contribution in [0.25, 0.3) is 0 Å². The average molecular weight is 393 g/mol. The number of hydrogen-bond acceptors (Lipinski definition) is 4. The van der Waals surface area contributed by atoms with E-state index in [1.165, 1.54) is 6.07 Å². The molecule has 26 heavy (non-hydrogen) atoms. The van der Waals surface area contributed by atoms with Crippen molar-refractivity contribution in [3.63, 3.8) is 0 Å². The van der Waals surface area contributed by atoms with Gasteiger partial charge in [-0.15, -0.1) is 0 Å². The first kappa shape index (κ1) is 20.5. The topological polar surface area (TPSA) is 92.5 Å². The number of alkyl halides is 3. The van der Waals surface area contributed by atoms with Crippen LogP contribution >= 0.6 is 0 Å². The van der Waals surface area contributed by atoms with E-state index in [1.807, 2.05) is 6.92 Å². The van der Waals surface area contributed by atoms with E-state index in [0.29, 0.717) is 12.6 Å². The predicted octanol–water partition coefficient (Wildman–Crippen LogP) is 2.55. The molecule has 1 aliphatic heterocycles. The number of carbonyl (C=O) groups is 1. The number of benzene rings is 1. The van der Waals surface area contributed by atoms with E-state index in [9.17, 15) is 26.4 Å². The Kier molecular flexibility index (Phi) is 5.86. The van der Waals surface area contributed by atoms with Gasteiger partial charge in [-0.2, -0.15) is 13.2 Å². The summed E-state index contributed by atoms with van der Waals surface area (Å²) in [7, 11) is -4.53. The number of hydrogen-bond donors (Lipinski definition) is 2. The van der Waals surface area contributed by atoms with Crippen molar-refractivity contribution in [2.45, 2.75) is 56.3 Å². The summed E-state index contributed by atoms with van der Waals surface area (Å²) in [5.74, 6) is -0.207. The van der Waals surface area contributed by atoms with Gasteiger partial charge in [0.1, 0.15) is 6.04 Å². The van der Waals surface area contributed by atoms with E-state index in [-0.39, 0.29) is 17.6 Å². The Balaban J connectivity index is 2.25. The number of halogens is 3. The summed E-state index contributed by atoms with van der Waals surface area (Å²) in [6.45, 7) is 4.11. The summed E-state index contributed by atoms with van der Waals surface area (Å²) in [4.78, 5) is 13.3. The van der Waals surface area contributed by atoms with Gasteiger partial charge in [0, 0.05) is 18.3 Å². The largest absolute Gasteiger partial charge is 0.417 e. The molecule has 1 fully saturated rings. The average Bonchev–Trinajstić information content (AvgIpc) is 2.52. The second kappa shape index (κ2) is 7.43. The van der Waals surface area contributed by atoms with E-state index in [1.54, 1.807) is 11.8 Å². The fourth-order valence-electron chi connectivity index (χ4n) is 3.08. The standard InChI is InChI=1S/C16H22F3N3O3S/c1-10-5-3-4-8-22(10)15(23)11(2)21-12-6-7-14(26(20,24)25)13(9-12)16(17,18)19/h6-7,9-11,21H,3-5,8H2,1-2H3,(H2,20,24,25). The van der Waals surface area contributed by atoms with Crippen molar-refractivity contribution in [3.8, 4) is 0 Å². The summed E-state index contributed by atoms with van der Waals surface area (Å²) in [6.07, 6.45) is -2.07. The number of carbonyl (C=O) groups excluding carboxylic acids is 1. The minimum Gasteiger partial charge on any atom is -0.374 e. The zero-order chi connectivity index (χ0) is 19.7. The molecule has 0 radical (unpaired) electrons. The lowest BCUT2D eigenvalue weighted by atomic mass is 10.0. The Labute approximate surface area is 150 Å². The molecule has 0 bridgehead atoms. The Morgan fingerprint density at radius 3 is 2.54 bits per heavy atom. The number of sulfonamides is 1. The molecule has 10 heteroatoms. The molecule has 1 saturated heterocycles. The molecule has 3 N–H and O–H groups in total. The number of likely N-dealkylation sites (tertiary alicyclic amines) is 1. The van der Waals surface area contributed by atoms with Crippen molar-refractivity contribution in [1.82, 2.24) is 4.90 Å². The molecular formula is C16H22F3N3O3S. The normalized spacial score (nSPS) is 19.9. The first-order chi connectivity index (χ1) is 11.9. The molecule has 1 amide bonds. The van der Waals surface area contributed by atoms with Gasteiger partial charge >= 0.3 is 6.18 Å². The summed E-state index contributed by atoms with van der Waals surface area (Å²) < 4.78 is 62.3. The van der Waals surface area contributed by atoms with Gasteiger partial charge in [-0.1, -0.05) is 0 Å². The van der Waals surface area contributed by atoms with Crippen LogP contribution in [-0.2, 0) is 21.0 Å². The van der Waals surface area contributed by atoms with Gasteiger partial charge in [-0.3, -0.25) is 4.79 Å². The molecule has 1 aromatic carbocycles. The number of primary sulfonamides is 1. The Morgan fingerprint density at radius 2 is 2.00 bits per heavy atom. The second-order valence-electron chi connectivity index (χ2n) is 6.50. The minimum absolute atomic E-state index is 0.00441. The van der Waals surface area contributed by atoms with Crippen LogP contribution in [-0.4, -0.2) is 37.9 Å². The monoisotopic (exact) mass is 393 g/mol. The van der Waals surface area contributed by atoms with Gasteiger partial charge in [0.2, 0.25) is 15.9 Å². The van der Waals surface area contributed by atoms with Crippen LogP contribution in [0.3, 0.4) is 0 Å². The van der Waals surface area contributed by atoms with Crippen molar-refractivity contribution in [2.75, 3.05) is 11.9 Å². The highest BCUT2D eigenvalue weighted by atomic mass is 32.2. The highest BCUT2D eigenvalue weighted by molar-refractivity contribution is 7.89. The number of nitrogens with one attached hydrogen (secondary N) is 1. The number of rotatable bonds is 4. The number of amides is 1. The van der Waals surface area contributed by atoms with Crippen LogP contribution < -0.4 is 10.5 Å². The molecule has 0 aromatic heterocycles. The third-order valence-electron chi connectivity index (χ3n) is 4.43. The van der Waals surface area contributed by atoms with Crippen LogP contribution in [0, 0.1) is 0 Å². The maximum atomic E-state index is 13.2. The maximum absolute atomic E-state index is 13.2. The molecule has 2 unspecified atom stereocenters. The van der Waals surface area contributed by atoms with Gasteiger partial charge in [0.05, 0.1) is 10.5 Å². The summed E-state index contributed by atoms with van der Waals surface area (Å²) in [6, 6.07) is 1.94. The van der Waals surface area contributed by atoms with Crippen molar-refractivity contribution in [1.29, 1.82) is 0 Å². The van der Waals surface area contributed by atoms with Crippen LogP contribution in [0.4, 0.5) is 18.9 Å². The number of anilines is 1. The van der Waals surface area contributed by atoms with E-state index < -0.39 is 32.7 Å². The Bertz CT molecular complexity index is 781. The van der Waals surface area contributed by atoms with E-state index >= 15 is 0 Å². The Morgan fingerprint density at radius 1 is 1.35 bits per heavy atom. The molecule has 146 valence electrons. The van der Waals surface area contributed by atoms with Crippen molar-refractivity contribution >= 4 is 21.6 Å². The first-order valence-electron chi connectivity index (χ1n) is 8.22. The molecule has 2 atom stereocenters. The van der Waals surface area contributed by atoms with Crippen LogP contribution in [0.5, 0.6) is 0 Å². The molecule has 0 saturated carbocycles. The summed E-state index contributed by atoms with van der Waals surface area (Å²) in [5, 5.41) is 7.58. The van der Waals surface area contributed by atoms with Crippen LogP contribution in [0.15, 0.2) is 23.1 Å². The fraction of sp³-hybridized carbons (Fsp3) is 0.562. The summed E-state index contributed by atoms with van der Waals surface area (Å²) >= 11 is 0. The predicted molar refractivity (Wildman–Crippen MR) is 90.9 cm³/mol. The van der Waals surface area contributed by atoms with Gasteiger partial charge < -0.3 is 10.2 Å². The number of nitrogens with two attached hydrogens (primary N) is 1. The van der Waals surface area contributed by atoms with E-state index in [4.69, 9.17) is 5.14 Å². The second-order valence-corrected chi connectivity index (χ2v) is 8.03. The lowest BCUT2D eigenvalue weighted by molar-refractivity contribution is -0.139. The molecule has 6 nitrogen and oxygen atoms in total. The lowest BCUT2D eigenvalue weighted by Gasteiger charge is -2.35. The zero-order valence-electron chi connectivity index (χ0n) is 14.5. The van der Waals surface area contributed by atoms with Gasteiger partial charge in [-0.05, 0) is 51.3 Å². The summed E-state index contributed by atoms with van der Waals surface area (Å²) in [5.41, 5.74) is -1.37. The van der Waals surface area contributed by atoms with Crippen molar-refractivity contribution < 1.29 is 26.4 Å². The van der Waals surface area contributed by atoms with Crippen molar-refractivity contribution in [3.05, 3.63) is 23.8 Å². The highest BCUT2D eigenvalue weighted by Gasteiger charge is 2.37. The SMILES string of the molecule is CC(Nc1ccc(S(N)(=O)=O)c(C(F)(F)F)c1)C(=O)N1CCCCC1C. The third-order valence-corrected chi connectivity index (χ3v) is 5.40. The Hall–Kier alpha value is -1.81. The molecule has 1 heterocycles. The van der Waals surface area contributed by atoms with Gasteiger partial charge in [0.25, 0.3) is 0 Å². The third kappa shape index (κ3) is 4.67. The zero-order valence-corrected chi connectivity index (χ0v) is 15.3. The van der Waals surface area contributed by atoms with Gasteiger partial charge in [-0.25, -0.2) is 13.6 Å². The minimum atomic E-state index is -4.89. The molecule has 1 aromatic rings. The molecule has 1 aliphatic rings. The van der Waals surface area contributed by atoms with E-state index in [0.717, 1.165) is 25.3 Å². The molecular weight excluding hydrogens is 371 g/mol. The highest BCUT2D eigenvalue weighted by Crippen LogP contribution is 2.35. The maximum Gasteiger partial charge on any atom is 0.417 e. The van der Waals surface area contributed by atoms with Crippen LogP contribution in [0.1, 0.15) is 38.7 Å². The van der Waals surface area contributed by atoms with Gasteiger partial charge in [0.15, 0.2) is 0 Å². The molecule has 0 aliphatic carbocycles. The lowest BCUT2D eigenvalue weighted by Crippen LogP contribution is -2.48. The molecule has 2 rings (SSSR count). The fourth-order valence-corrected chi connectivity index (χ4v) is 3.81. The van der Waals surface area contributed by atoms with E-state index in [2.05, 4.69) is 5.32 Å². The smallest absolute Gasteiger partial charge is 0.374 e.